The zero-order valence-electron chi connectivity index (χ0n) is 15.4. The van der Waals surface area contributed by atoms with Crippen LogP contribution in [0.3, 0.4) is 0 Å². The number of hydrogen-bond acceptors (Lipinski definition) is 6. The second-order valence-electron chi connectivity index (χ2n) is 7.34. The van der Waals surface area contributed by atoms with Gasteiger partial charge in [0.05, 0.1) is 18.1 Å². The monoisotopic (exact) mass is 341 g/mol. The average Bonchev–Trinajstić information content (AvgIpc) is 2.63. The molecule has 8 unspecified atom stereocenters. The molecule has 2 aliphatic carbocycles. The van der Waals surface area contributed by atoms with E-state index in [0.717, 1.165) is 19.3 Å². The van der Waals surface area contributed by atoms with Gasteiger partial charge in [0.1, 0.15) is 24.1 Å². The van der Waals surface area contributed by atoms with Crippen molar-refractivity contribution < 1.29 is 23.7 Å². The standard InChI is InChI=1S/C18H31NO5/c1-19-11-9-7-6-8-10(11)14(20)12-13(19)16(22-3)18(24-5)17(23-4)15(12)21-2/h10-13,15-18H,6-9H2,1-5H3. The van der Waals surface area contributed by atoms with E-state index in [-0.39, 0.29) is 42.3 Å². The molecule has 3 fully saturated rings. The first kappa shape index (κ1) is 18.3. The number of piperidine rings is 1. The Morgan fingerprint density at radius 1 is 0.833 bits per heavy atom. The summed E-state index contributed by atoms with van der Waals surface area (Å²) in [6.07, 6.45) is 3.28. The van der Waals surface area contributed by atoms with Crippen molar-refractivity contribution in [1.29, 1.82) is 0 Å². The van der Waals surface area contributed by atoms with Gasteiger partial charge >= 0.3 is 0 Å². The first-order valence-corrected chi connectivity index (χ1v) is 8.97. The number of rotatable bonds is 4. The Morgan fingerprint density at radius 3 is 1.96 bits per heavy atom. The molecular weight excluding hydrogens is 310 g/mol. The van der Waals surface area contributed by atoms with Gasteiger partial charge in [-0.3, -0.25) is 9.69 Å². The first-order chi connectivity index (χ1) is 11.6. The summed E-state index contributed by atoms with van der Waals surface area (Å²) in [5.74, 6) is 0.200. The van der Waals surface area contributed by atoms with E-state index in [0.29, 0.717) is 11.8 Å². The van der Waals surface area contributed by atoms with Crippen LogP contribution in [-0.2, 0) is 23.7 Å². The lowest BCUT2D eigenvalue weighted by Gasteiger charge is -2.57. The number of methoxy groups -OCH3 is 4. The third kappa shape index (κ3) is 2.63. The third-order valence-corrected chi connectivity index (χ3v) is 6.54. The minimum Gasteiger partial charge on any atom is -0.378 e. The highest BCUT2D eigenvalue weighted by Crippen LogP contribution is 2.45. The second-order valence-corrected chi connectivity index (χ2v) is 7.34. The van der Waals surface area contributed by atoms with Gasteiger partial charge in [0.15, 0.2) is 0 Å². The molecule has 0 spiro atoms. The molecule has 1 saturated heterocycles. The highest BCUT2D eigenvalue weighted by atomic mass is 16.6. The predicted molar refractivity (Wildman–Crippen MR) is 89.0 cm³/mol. The molecule has 8 atom stereocenters. The number of fused-ring (bicyclic) bond motifs is 2. The molecule has 0 aromatic heterocycles. The molecular formula is C18H31NO5. The maximum absolute atomic E-state index is 13.4. The van der Waals surface area contributed by atoms with Crippen LogP contribution in [-0.4, -0.2) is 82.7 Å². The van der Waals surface area contributed by atoms with Crippen LogP contribution in [0.4, 0.5) is 0 Å². The number of ether oxygens (including phenoxy) is 4. The van der Waals surface area contributed by atoms with Crippen LogP contribution < -0.4 is 0 Å². The summed E-state index contributed by atoms with van der Waals surface area (Å²) >= 11 is 0. The third-order valence-electron chi connectivity index (χ3n) is 6.54. The Labute approximate surface area is 144 Å². The minimum absolute atomic E-state index is 0.0388. The van der Waals surface area contributed by atoms with Crippen LogP contribution in [0.25, 0.3) is 0 Å². The number of nitrogens with zero attached hydrogens (tertiary/aromatic N) is 1. The smallest absolute Gasteiger partial charge is 0.144 e. The Balaban J connectivity index is 2.02. The number of likely N-dealkylation sites (tertiary alicyclic amines) is 1. The van der Waals surface area contributed by atoms with E-state index in [1.807, 2.05) is 0 Å². The van der Waals surface area contributed by atoms with Gasteiger partial charge in [-0.25, -0.2) is 0 Å². The molecule has 3 aliphatic rings. The SMILES string of the molecule is COC1C(OC)C(OC)C2C(C(=O)C3CCCCC3N2C)C1OC. The summed E-state index contributed by atoms with van der Waals surface area (Å²) in [7, 11) is 8.80. The molecule has 6 nitrogen and oxygen atoms in total. The van der Waals surface area contributed by atoms with Crippen molar-refractivity contribution in [3.63, 3.8) is 0 Å². The molecule has 1 aliphatic heterocycles. The fourth-order valence-electron chi connectivity index (χ4n) is 5.48. The number of ketones is 1. The summed E-state index contributed by atoms with van der Waals surface area (Å²) in [4.78, 5) is 15.7. The molecule has 24 heavy (non-hydrogen) atoms. The molecule has 0 aromatic carbocycles. The van der Waals surface area contributed by atoms with Gasteiger partial charge in [-0.1, -0.05) is 12.8 Å². The average molecular weight is 341 g/mol. The van der Waals surface area contributed by atoms with E-state index in [4.69, 9.17) is 18.9 Å². The predicted octanol–water partition coefficient (Wildman–Crippen LogP) is 1.12. The van der Waals surface area contributed by atoms with Gasteiger partial charge in [-0.15, -0.1) is 0 Å². The molecule has 0 N–H and O–H groups in total. The van der Waals surface area contributed by atoms with Gasteiger partial charge in [-0.2, -0.15) is 0 Å². The van der Waals surface area contributed by atoms with Crippen molar-refractivity contribution in [3.8, 4) is 0 Å². The highest BCUT2D eigenvalue weighted by Gasteiger charge is 2.61. The van der Waals surface area contributed by atoms with Crippen LogP contribution in [0.15, 0.2) is 0 Å². The van der Waals surface area contributed by atoms with E-state index in [1.165, 1.54) is 6.42 Å². The topological polar surface area (TPSA) is 57.2 Å². The van der Waals surface area contributed by atoms with Crippen LogP contribution in [0.2, 0.25) is 0 Å². The second kappa shape index (κ2) is 7.38. The summed E-state index contributed by atoms with van der Waals surface area (Å²) in [6.45, 7) is 0. The van der Waals surface area contributed by atoms with Gasteiger partial charge in [-0.05, 0) is 19.9 Å². The summed E-state index contributed by atoms with van der Waals surface area (Å²) in [5.41, 5.74) is 0. The molecule has 0 bridgehead atoms. The quantitative estimate of drug-likeness (QED) is 0.764. The molecule has 2 saturated carbocycles. The zero-order chi connectivity index (χ0) is 17.4. The molecule has 6 heteroatoms. The number of hydrogen-bond donors (Lipinski definition) is 0. The molecule has 0 aromatic rings. The van der Waals surface area contributed by atoms with Gasteiger partial charge in [0.25, 0.3) is 0 Å². The Morgan fingerprint density at radius 2 is 1.38 bits per heavy atom. The number of carbonyl (C=O) groups is 1. The maximum Gasteiger partial charge on any atom is 0.144 e. The maximum atomic E-state index is 13.4. The van der Waals surface area contributed by atoms with Gasteiger partial charge < -0.3 is 18.9 Å². The largest absolute Gasteiger partial charge is 0.378 e. The normalized spacial score (nSPS) is 46.5. The van der Waals surface area contributed by atoms with Crippen molar-refractivity contribution in [1.82, 2.24) is 4.90 Å². The van der Waals surface area contributed by atoms with Crippen LogP contribution >= 0.6 is 0 Å². The summed E-state index contributed by atoms with van der Waals surface area (Å²) < 4.78 is 23.0. The number of Topliss-reactive ketones (excluding diaryl/α,β-unsaturated/α-hetero) is 1. The van der Waals surface area contributed by atoms with Crippen molar-refractivity contribution >= 4 is 5.78 Å². The Kier molecular flexibility index (Phi) is 5.62. The lowest BCUT2D eigenvalue weighted by molar-refractivity contribution is -0.230. The molecule has 0 radical (unpaired) electrons. The molecule has 1 heterocycles. The summed E-state index contributed by atoms with van der Waals surface area (Å²) in [6, 6.07) is 0.266. The minimum atomic E-state index is -0.316. The molecule has 0 amide bonds. The Hall–Kier alpha value is -0.530. The molecule has 3 rings (SSSR count). The van der Waals surface area contributed by atoms with E-state index in [9.17, 15) is 4.79 Å². The lowest BCUT2D eigenvalue weighted by atomic mass is 9.64. The fraction of sp³-hybridized carbons (Fsp3) is 0.944. The van der Waals surface area contributed by atoms with Crippen molar-refractivity contribution in [3.05, 3.63) is 0 Å². The van der Waals surface area contributed by atoms with E-state index >= 15 is 0 Å². The highest BCUT2D eigenvalue weighted by molar-refractivity contribution is 5.87. The van der Waals surface area contributed by atoms with Gasteiger partial charge in [0, 0.05) is 40.4 Å². The van der Waals surface area contributed by atoms with Crippen LogP contribution in [0.5, 0.6) is 0 Å². The number of carbonyl (C=O) groups excluding carboxylic acids is 1. The summed E-state index contributed by atoms with van der Waals surface area (Å²) in [5, 5.41) is 0. The lowest BCUT2D eigenvalue weighted by Crippen LogP contribution is -2.73. The number of likely N-dealkylation sites (N-methyl/N-ethyl adjacent to an activating group) is 1. The van der Waals surface area contributed by atoms with E-state index < -0.39 is 0 Å². The van der Waals surface area contributed by atoms with Gasteiger partial charge in [0.2, 0.25) is 0 Å². The first-order valence-electron chi connectivity index (χ1n) is 8.97. The van der Waals surface area contributed by atoms with Crippen LogP contribution in [0, 0.1) is 11.8 Å². The zero-order valence-corrected chi connectivity index (χ0v) is 15.4. The van der Waals surface area contributed by atoms with Crippen molar-refractivity contribution in [2.24, 2.45) is 11.8 Å². The van der Waals surface area contributed by atoms with Crippen molar-refractivity contribution in [2.75, 3.05) is 35.5 Å². The van der Waals surface area contributed by atoms with E-state index in [1.54, 1.807) is 28.4 Å². The Bertz CT molecular complexity index is 459. The molecule has 138 valence electrons. The fourth-order valence-corrected chi connectivity index (χ4v) is 5.48. The van der Waals surface area contributed by atoms with E-state index in [2.05, 4.69) is 11.9 Å². The van der Waals surface area contributed by atoms with Crippen LogP contribution in [0.1, 0.15) is 25.7 Å². The van der Waals surface area contributed by atoms with Crippen molar-refractivity contribution in [2.45, 2.75) is 62.2 Å².